The first-order valence-corrected chi connectivity index (χ1v) is 8.67. The summed E-state index contributed by atoms with van der Waals surface area (Å²) < 4.78 is 20.2. The Labute approximate surface area is 156 Å². The average molecular weight is 371 g/mol. The van der Waals surface area contributed by atoms with Gasteiger partial charge in [-0.05, 0) is 31.2 Å². The minimum absolute atomic E-state index is 0.0117. The van der Waals surface area contributed by atoms with Gasteiger partial charge in [0.25, 0.3) is 5.56 Å². The Kier molecular flexibility index (Phi) is 5.36. The predicted octanol–water partition coefficient (Wildman–Crippen LogP) is 2.42. The maximum absolute atomic E-state index is 13.0. The van der Waals surface area contributed by atoms with E-state index in [4.69, 9.17) is 10.2 Å². The van der Waals surface area contributed by atoms with Gasteiger partial charge in [0.15, 0.2) is 5.69 Å². The summed E-state index contributed by atoms with van der Waals surface area (Å²) in [5, 5.41) is 3.13. The topological polar surface area (TPSA) is 99.0 Å². The van der Waals surface area contributed by atoms with Crippen molar-refractivity contribution in [2.45, 2.75) is 25.8 Å². The molecule has 7 nitrogen and oxygen atoms in total. The van der Waals surface area contributed by atoms with Crippen LogP contribution in [0.4, 0.5) is 10.1 Å². The molecule has 3 aromatic rings. The van der Waals surface area contributed by atoms with Gasteiger partial charge in [0, 0.05) is 13.5 Å². The molecule has 27 heavy (non-hydrogen) atoms. The van der Waals surface area contributed by atoms with Crippen LogP contribution in [-0.4, -0.2) is 21.6 Å². The van der Waals surface area contributed by atoms with Crippen LogP contribution in [0.1, 0.15) is 36.5 Å². The van der Waals surface area contributed by atoms with E-state index in [1.807, 2.05) is 14.0 Å². The van der Waals surface area contributed by atoms with Crippen LogP contribution in [0.3, 0.4) is 0 Å². The number of benzene rings is 1. The largest absolute Gasteiger partial charge is 0.439 e. The molecule has 2 heterocycles. The van der Waals surface area contributed by atoms with E-state index in [9.17, 15) is 9.18 Å². The summed E-state index contributed by atoms with van der Waals surface area (Å²) in [7, 11) is 3.45. The van der Waals surface area contributed by atoms with Crippen molar-refractivity contribution in [3.05, 3.63) is 63.8 Å². The second-order valence-electron chi connectivity index (χ2n) is 6.28. The lowest BCUT2D eigenvalue weighted by atomic mass is 10.1. The van der Waals surface area contributed by atoms with E-state index >= 15 is 0 Å². The maximum atomic E-state index is 13.0. The quantitative estimate of drug-likeness (QED) is 0.690. The standard InChI is InChI=1S/C19H22FN5O2/c1-4-14(22-2)17-24-16(15(21)19(26)25(17)3)18-23-10-13(27-18)9-11-5-7-12(20)8-6-11/h5-8,10,14,22H,4,9,21H2,1-3H3. The lowest BCUT2D eigenvalue weighted by Crippen LogP contribution is -2.31. The minimum atomic E-state index is -0.345. The number of hydrogen-bond donors (Lipinski definition) is 2. The maximum Gasteiger partial charge on any atom is 0.277 e. The average Bonchev–Trinajstić information content (AvgIpc) is 3.12. The van der Waals surface area contributed by atoms with Crippen LogP contribution in [0.25, 0.3) is 11.6 Å². The highest BCUT2D eigenvalue weighted by Gasteiger charge is 2.21. The van der Waals surface area contributed by atoms with Crippen molar-refractivity contribution in [3.8, 4) is 11.6 Å². The molecule has 0 saturated heterocycles. The highest BCUT2D eigenvalue weighted by molar-refractivity contribution is 5.65. The van der Waals surface area contributed by atoms with Crippen LogP contribution >= 0.6 is 0 Å². The second-order valence-corrected chi connectivity index (χ2v) is 6.28. The van der Waals surface area contributed by atoms with Gasteiger partial charge in [-0.25, -0.2) is 14.4 Å². The first kappa shape index (κ1) is 18.8. The van der Waals surface area contributed by atoms with Crippen LogP contribution in [0.5, 0.6) is 0 Å². The summed E-state index contributed by atoms with van der Waals surface area (Å²) in [4.78, 5) is 21.3. The van der Waals surface area contributed by atoms with Crippen molar-refractivity contribution >= 4 is 5.69 Å². The third-order valence-corrected chi connectivity index (χ3v) is 4.48. The highest BCUT2D eigenvalue weighted by atomic mass is 19.1. The van der Waals surface area contributed by atoms with Gasteiger partial charge in [0.05, 0.1) is 12.2 Å². The zero-order valence-corrected chi connectivity index (χ0v) is 15.5. The van der Waals surface area contributed by atoms with E-state index in [1.165, 1.54) is 16.7 Å². The predicted molar refractivity (Wildman–Crippen MR) is 101 cm³/mol. The number of anilines is 1. The second kappa shape index (κ2) is 7.71. The molecule has 0 saturated carbocycles. The fourth-order valence-corrected chi connectivity index (χ4v) is 2.93. The normalized spacial score (nSPS) is 12.3. The van der Waals surface area contributed by atoms with E-state index in [0.29, 0.717) is 18.0 Å². The number of nitrogens with zero attached hydrogens (tertiary/aromatic N) is 3. The Hall–Kier alpha value is -3.00. The van der Waals surface area contributed by atoms with Gasteiger partial charge < -0.3 is 15.5 Å². The van der Waals surface area contributed by atoms with Gasteiger partial charge in [-0.3, -0.25) is 9.36 Å². The van der Waals surface area contributed by atoms with Crippen LogP contribution in [0.15, 0.2) is 39.7 Å². The Morgan fingerprint density at radius 2 is 2.04 bits per heavy atom. The van der Waals surface area contributed by atoms with Crippen molar-refractivity contribution in [2.24, 2.45) is 7.05 Å². The fraction of sp³-hybridized carbons (Fsp3) is 0.316. The summed E-state index contributed by atoms with van der Waals surface area (Å²) in [5.74, 6) is 1.03. The first-order valence-electron chi connectivity index (χ1n) is 8.67. The number of nitrogen functional groups attached to an aromatic ring is 1. The molecule has 0 fully saturated rings. The van der Waals surface area contributed by atoms with E-state index < -0.39 is 0 Å². The number of rotatable bonds is 6. The Balaban J connectivity index is 1.98. The zero-order valence-electron chi connectivity index (χ0n) is 15.5. The van der Waals surface area contributed by atoms with Gasteiger partial charge >= 0.3 is 0 Å². The summed E-state index contributed by atoms with van der Waals surface area (Å²) in [6.07, 6.45) is 2.76. The molecule has 0 spiro atoms. The molecule has 0 amide bonds. The number of nitrogens with two attached hydrogens (primary N) is 1. The molecule has 0 radical (unpaired) electrons. The van der Waals surface area contributed by atoms with Crippen molar-refractivity contribution in [2.75, 3.05) is 12.8 Å². The van der Waals surface area contributed by atoms with Crippen molar-refractivity contribution in [3.63, 3.8) is 0 Å². The number of aromatic nitrogens is 3. The minimum Gasteiger partial charge on any atom is -0.439 e. The molecule has 0 bridgehead atoms. The van der Waals surface area contributed by atoms with E-state index in [-0.39, 0.29) is 34.7 Å². The Bertz CT molecular complexity index is 990. The number of oxazole rings is 1. The van der Waals surface area contributed by atoms with Crippen molar-refractivity contribution < 1.29 is 8.81 Å². The van der Waals surface area contributed by atoms with Crippen LogP contribution in [0, 0.1) is 5.82 Å². The van der Waals surface area contributed by atoms with Gasteiger partial charge in [-0.1, -0.05) is 19.1 Å². The monoisotopic (exact) mass is 371 g/mol. The number of halogens is 1. The first-order chi connectivity index (χ1) is 12.9. The summed E-state index contributed by atoms with van der Waals surface area (Å²) in [5.41, 5.74) is 6.74. The zero-order chi connectivity index (χ0) is 19.6. The summed E-state index contributed by atoms with van der Waals surface area (Å²) >= 11 is 0. The van der Waals surface area contributed by atoms with Gasteiger partial charge in [-0.15, -0.1) is 0 Å². The molecule has 142 valence electrons. The van der Waals surface area contributed by atoms with Gasteiger partial charge in [0.2, 0.25) is 5.89 Å². The Morgan fingerprint density at radius 3 is 2.67 bits per heavy atom. The highest BCUT2D eigenvalue weighted by Crippen LogP contribution is 2.24. The molecule has 0 aliphatic rings. The summed E-state index contributed by atoms with van der Waals surface area (Å²) in [6, 6.07) is 6.04. The molecule has 1 atom stereocenters. The van der Waals surface area contributed by atoms with Crippen molar-refractivity contribution in [1.29, 1.82) is 0 Å². The fourth-order valence-electron chi connectivity index (χ4n) is 2.93. The molecule has 0 aliphatic carbocycles. The molecule has 1 aromatic carbocycles. The van der Waals surface area contributed by atoms with Gasteiger partial charge in [0.1, 0.15) is 23.1 Å². The molecular weight excluding hydrogens is 349 g/mol. The molecule has 1 unspecified atom stereocenters. The summed E-state index contributed by atoms with van der Waals surface area (Å²) in [6.45, 7) is 2.00. The number of hydrogen-bond acceptors (Lipinski definition) is 6. The van der Waals surface area contributed by atoms with E-state index in [2.05, 4.69) is 15.3 Å². The van der Waals surface area contributed by atoms with E-state index in [1.54, 1.807) is 25.4 Å². The lowest BCUT2D eigenvalue weighted by molar-refractivity contribution is 0.505. The molecular formula is C19H22FN5O2. The molecule has 3 rings (SSSR count). The third-order valence-electron chi connectivity index (χ3n) is 4.48. The third kappa shape index (κ3) is 3.75. The van der Waals surface area contributed by atoms with Crippen LogP contribution < -0.4 is 16.6 Å². The molecule has 0 aliphatic heterocycles. The smallest absolute Gasteiger partial charge is 0.277 e. The van der Waals surface area contributed by atoms with Crippen molar-refractivity contribution in [1.82, 2.24) is 19.9 Å². The lowest BCUT2D eigenvalue weighted by Gasteiger charge is -2.18. The van der Waals surface area contributed by atoms with Crippen LogP contribution in [0.2, 0.25) is 0 Å². The number of nitrogens with one attached hydrogen (secondary N) is 1. The SMILES string of the molecule is CCC(NC)c1nc(-c2ncc(Cc3ccc(F)cc3)o2)c(N)c(=O)n1C. The van der Waals surface area contributed by atoms with E-state index in [0.717, 1.165) is 12.0 Å². The molecule has 8 heteroatoms. The van der Waals surface area contributed by atoms with Gasteiger partial charge in [-0.2, -0.15) is 0 Å². The van der Waals surface area contributed by atoms with Crippen LogP contribution in [-0.2, 0) is 13.5 Å². The molecule has 3 N–H and O–H groups in total. The molecule has 2 aromatic heterocycles. The Morgan fingerprint density at radius 1 is 1.33 bits per heavy atom.